The Morgan fingerprint density at radius 2 is 1.87 bits per heavy atom. The van der Waals surface area contributed by atoms with Gasteiger partial charge in [0, 0.05) is 42.1 Å². The van der Waals surface area contributed by atoms with E-state index in [9.17, 15) is 34.8 Å². The van der Waals surface area contributed by atoms with E-state index in [0.29, 0.717) is 6.54 Å². The van der Waals surface area contributed by atoms with E-state index < -0.39 is 70.0 Å². The second-order valence-corrected chi connectivity index (χ2v) is 11.6. The third kappa shape index (κ3) is 3.98. The minimum Gasteiger partial charge on any atom is -0.508 e. The first-order valence-corrected chi connectivity index (χ1v) is 13.6. The van der Waals surface area contributed by atoms with Crippen molar-refractivity contribution in [3.63, 3.8) is 0 Å². The lowest BCUT2D eigenvalue weighted by Gasteiger charge is -2.46. The molecule has 2 saturated carbocycles. The molecular formula is C29H35FN2O7. The van der Waals surface area contributed by atoms with Gasteiger partial charge in [0.15, 0.2) is 11.4 Å². The molecule has 0 heterocycles. The van der Waals surface area contributed by atoms with E-state index in [0.717, 1.165) is 25.8 Å². The number of carbonyl (C=O) groups excluding carboxylic acids is 3. The number of carbonyl (C=O) groups is 3. The number of aliphatic hydroxyl groups excluding tert-OH is 2. The summed E-state index contributed by atoms with van der Waals surface area (Å²) in [5.74, 6) is -7.80. The molecule has 210 valence electrons. The maximum atomic E-state index is 16.0. The van der Waals surface area contributed by atoms with Crippen LogP contribution in [0.25, 0.3) is 5.76 Å². The zero-order valence-corrected chi connectivity index (χ0v) is 22.2. The Bertz CT molecular complexity index is 1340. The molecule has 1 aromatic rings. The molecule has 3 atom stereocenters. The molecule has 0 saturated heterocycles. The quantitative estimate of drug-likeness (QED) is 0.329. The van der Waals surface area contributed by atoms with Crippen LogP contribution in [-0.4, -0.2) is 61.5 Å². The molecule has 0 bridgehead atoms. The average molecular weight is 543 g/mol. The van der Waals surface area contributed by atoms with Crippen molar-refractivity contribution in [2.45, 2.75) is 70.9 Å². The summed E-state index contributed by atoms with van der Waals surface area (Å²) in [6.45, 7) is 5.97. The Kier molecular flexibility index (Phi) is 6.62. The summed E-state index contributed by atoms with van der Waals surface area (Å²) in [4.78, 5) is 40.0. The van der Waals surface area contributed by atoms with Crippen LogP contribution in [0.5, 0.6) is 5.75 Å². The van der Waals surface area contributed by atoms with Crippen molar-refractivity contribution >= 4 is 23.2 Å². The Morgan fingerprint density at radius 3 is 2.44 bits per heavy atom. The van der Waals surface area contributed by atoms with Crippen LogP contribution in [0.1, 0.15) is 69.1 Å². The van der Waals surface area contributed by atoms with E-state index in [1.165, 1.54) is 12.5 Å². The van der Waals surface area contributed by atoms with Crippen LogP contribution < -0.4 is 5.73 Å². The largest absolute Gasteiger partial charge is 0.508 e. The summed E-state index contributed by atoms with van der Waals surface area (Å²) in [7, 11) is 0. The zero-order chi connectivity index (χ0) is 28.4. The minimum absolute atomic E-state index is 0.0343. The van der Waals surface area contributed by atoms with Gasteiger partial charge in [0.2, 0.25) is 5.78 Å². The molecule has 2 fully saturated rings. The highest BCUT2D eigenvalue weighted by atomic mass is 19.1. The second kappa shape index (κ2) is 9.45. The number of fused-ring (bicyclic) bond motifs is 3. The summed E-state index contributed by atoms with van der Waals surface area (Å²) in [6, 6.07) is 1.26. The Labute approximate surface area is 225 Å². The number of rotatable bonds is 7. The molecule has 4 aliphatic carbocycles. The molecule has 6 N–H and O–H groups in total. The zero-order valence-electron chi connectivity index (χ0n) is 22.2. The SMILES string of the molecule is CCN(Cc1cc(O)c2c(c1F)CC1C[C@H]3CC(=O)C(C(N)=O)=C(O)[C@@]3(O)C(=O)C1=C2O)CC1(CC)CCC1. The third-order valence-electron chi connectivity index (χ3n) is 9.64. The number of aliphatic hydroxyl groups is 3. The number of Topliss-reactive ketones (excluding diaryl/α,β-unsaturated/α-hetero) is 2. The fourth-order valence-corrected chi connectivity index (χ4v) is 7.13. The van der Waals surface area contributed by atoms with Crippen molar-refractivity contribution in [2.24, 2.45) is 23.0 Å². The van der Waals surface area contributed by atoms with Crippen LogP contribution in [0.2, 0.25) is 0 Å². The molecule has 4 aliphatic rings. The lowest BCUT2D eigenvalue weighted by Crippen LogP contribution is -2.58. The van der Waals surface area contributed by atoms with E-state index in [1.807, 2.05) is 6.92 Å². The Balaban J connectivity index is 1.54. The van der Waals surface area contributed by atoms with Crippen molar-refractivity contribution in [3.05, 3.63) is 45.5 Å². The number of phenolic OH excluding ortho intramolecular Hbond substituents is 1. The number of hydrogen-bond acceptors (Lipinski definition) is 8. The highest BCUT2D eigenvalue weighted by molar-refractivity contribution is 6.22. The van der Waals surface area contributed by atoms with Gasteiger partial charge < -0.3 is 26.2 Å². The molecule has 0 spiro atoms. The van der Waals surface area contributed by atoms with Crippen molar-refractivity contribution in [2.75, 3.05) is 13.1 Å². The lowest BCUT2D eigenvalue weighted by atomic mass is 9.59. The molecule has 0 aliphatic heterocycles. The van der Waals surface area contributed by atoms with E-state index in [1.54, 1.807) is 0 Å². The second-order valence-electron chi connectivity index (χ2n) is 11.6. The number of hydrogen-bond donors (Lipinski definition) is 5. The van der Waals surface area contributed by atoms with Crippen LogP contribution in [-0.2, 0) is 27.3 Å². The van der Waals surface area contributed by atoms with Crippen LogP contribution >= 0.6 is 0 Å². The number of amides is 1. The molecule has 1 unspecified atom stereocenters. The predicted molar refractivity (Wildman–Crippen MR) is 139 cm³/mol. The van der Waals surface area contributed by atoms with Crippen LogP contribution in [0.4, 0.5) is 4.39 Å². The Morgan fingerprint density at radius 1 is 1.18 bits per heavy atom. The molecule has 0 radical (unpaired) electrons. The van der Waals surface area contributed by atoms with Gasteiger partial charge in [-0.1, -0.05) is 20.3 Å². The van der Waals surface area contributed by atoms with Gasteiger partial charge in [-0.05, 0) is 56.0 Å². The van der Waals surface area contributed by atoms with Gasteiger partial charge in [-0.3, -0.25) is 19.3 Å². The van der Waals surface area contributed by atoms with E-state index in [-0.39, 0.29) is 47.1 Å². The lowest BCUT2D eigenvalue weighted by molar-refractivity contribution is -0.147. The topological polar surface area (TPSA) is 161 Å². The standard InChI is InChI=1S/C29H35FN2O7/c1-3-28(6-5-7-28)13-32(4-2)12-15-10-18(33)21-17(23(15)30)9-14-8-16-11-19(34)22(27(31)38)26(37)29(16,39)25(36)20(14)24(21)35/h10,14,16,33,35,37,39H,3-9,11-13H2,1-2H3,(H2,31,38)/t14?,16-,29-/m0/s1. The van der Waals surface area contributed by atoms with Gasteiger partial charge in [-0.25, -0.2) is 4.39 Å². The van der Waals surface area contributed by atoms with Gasteiger partial charge in [-0.2, -0.15) is 0 Å². The van der Waals surface area contributed by atoms with Gasteiger partial charge in [-0.15, -0.1) is 0 Å². The maximum Gasteiger partial charge on any atom is 0.255 e. The van der Waals surface area contributed by atoms with Gasteiger partial charge in [0.25, 0.3) is 5.91 Å². The highest BCUT2D eigenvalue weighted by Gasteiger charge is 2.60. The van der Waals surface area contributed by atoms with E-state index in [4.69, 9.17) is 5.73 Å². The smallest absolute Gasteiger partial charge is 0.255 e. The number of primary amides is 1. The van der Waals surface area contributed by atoms with Crippen LogP contribution in [0.3, 0.4) is 0 Å². The Hall–Kier alpha value is -3.24. The van der Waals surface area contributed by atoms with Crippen molar-refractivity contribution in [1.82, 2.24) is 4.90 Å². The van der Waals surface area contributed by atoms with Crippen LogP contribution in [0, 0.1) is 23.1 Å². The van der Waals surface area contributed by atoms with Crippen molar-refractivity contribution in [3.8, 4) is 5.75 Å². The fraction of sp³-hybridized carbons (Fsp3) is 0.552. The monoisotopic (exact) mass is 542 g/mol. The number of halogens is 1. The number of benzene rings is 1. The summed E-state index contributed by atoms with van der Waals surface area (Å²) < 4.78 is 16.0. The molecular weight excluding hydrogens is 507 g/mol. The molecule has 9 nitrogen and oxygen atoms in total. The first kappa shape index (κ1) is 27.3. The number of aromatic hydroxyl groups is 1. The van der Waals surface area contributed by atoms with Gasteiger partial charge in [0.05, 0.1) is 5.56 Å². The maximum absolute atomic E-state index is 16.0. The van der Waals surface area contributed by atoms with Gasteiger partial charge in [0.1, 0.15) is 28.7 Å². The molecule has 1 amide bonds. The van der Waals surface area contributed by atoms with Crippen LogP contribution in [0.15, 0.2) is 23.0 Å². The van der Waals surface area contributed by atoms with Crippen molar-refractivity contribution < 1.29 is 39.2 Å². The minimum atomic E-state index is -2.64. The first-order chi connectivity index (χ1) is 18.4. The third-order valence-corrected chi connectivity index (χ3v) is 9.64. The van der Waals surface area contributed by atoms with E-state index >= 15 is 4.39 Å². The summed E-state index contributed by atoms with van der Waals surface area (Å²) in [5.41, 5.74) is 1.80. The average Bonchev–Trinajstić information content (AvgIpc) is 2.85. The summed E-state index contributed by atoms with van der Waals surface area (Å²) in [6.07, 6.45) is 4.00. The molecule has 10 heteroatoms. The highest BCUT2D eigenvalue weighted by Crippen LogP contribution is 2.52. The van der Waals surface area contributed by atoms with Gasteiger partial charge >= 0.3 is 0 Å². The molecule has 39 heavy (non-hydrogen) atoms. The molecule has 1 aromatic carbocycles. The number of ketones is 2. The summed E-state index contributed by atoms with van der Waals surface area (Å²) >= 11 is 0. The summed E-state index contributed by atoms with van der Waals surface area (Å²) in [5, 5.41) is 44.0. The molecule has 0 aromatic heterocycles. The fourth-order valence-electron chi connectivity index (χ4n) is 7.13. The molecule has 5 rings (SSSR count). The number of phenols is 1. The van der Waals surface area contributed by atoms with E-state index in [2.05, 4.69) is 11.8 Å². The number of nitrogens with zero attached hydrogens (tertiary/aromatic N) is 1. The van der Waals surface area contributed by atoms with Crippen molar-refractivity contribution in [1.29, 1.82) is 0 Å². The predicted octanol–water partition coefficient (Wildman–Crippen LogP) is 2.97. The number of nitrogens with two attached hydrogens (primary N) is 1. The first-order valence-electron chi connectivity index (χ1n) is 13.6. The normalized spacial score (nSPS) is 27.7.